The number of carbonyl (C=O) groups is 1. The maximum Gasteiger partial charge on any atom is 0.220 e. The van der Waals surface area contributed by atoms with E-state index in [2.05, 4.69) is 5.32 Å². The van der Waals surface area contributed by atoms with Crippen molar-refractivity contribution in [1.29, 1.82) is 0 Å². The normalized spacial score (nSPS) is 9.72. The Bertz CT molecular complexity index is 388. The molecule has 0 aliphatic heterocycles. The summed E-state index contributed by atoms with van der Waals surface area (Å²) in [5, 5.41) is 2.65. The summed E-state index contributed by atoms with van der Waals surface area (Å²) < 4.78 is 26.1. The van der Waals surface area contributed by atoms with Gasteiger partial charge in [-0.05, 0) is 31.0 Å². The van der Waals surface area contributed by atoms with Crippen LogP contribution in [-0.4, -0.2) is 19.0 Å². The topological polar surface area (TPSA) is 55.1 Å². The van der Waals surface area contributed by atoms with E-state index in [-0.39, 0.29) is 36.7 Å². The molecule has 6 heteroatoms. The molecule has 0 heterocycles. The van der Waals surface area contributed by atoms with Crippen molar-refractivity contribution in [3.63, 3.8) is 0 Å². The number of amides is 1. The summed E-state index contributed by atoms with van der Waals surface area (Å²) in [4.78, 5) is 11.3. The molecule has 0 aliphatic carbocycles. The lowest BCUT2D eigenvalue weighted by Crippen LogP contribution is -2.26. The number of hydrogen-bond donors (Lipinski definition) is 2. The molecule has 3 nitrogen and oxygen atoms in total. The number of benzene rings is 1. The molecule has 102 valence electrons. The van der Waals surface area contributed by atoms with Crippen molar-refractivity contribution < 1.29 is 13.6 Å². The van der Waals surface area contributed by atoms with Crippen LogP contribution in [0.15, 0.2) is 18.2 Å². The van der Waals surface area contributed by atoms with Crippen molar-refractivity contribution in [3.05, 3.63) is 35.4 Å². The van der Waals surface area contributed by atoms with Gasteiger partial charge in [-0.25, -0.2) is 8.78 Å². The zero-order valence-corrected chi connectivity index (χ0v) is 10.7. The van der Waals surface area contributed by atoms with Crippen molar-refractivity contribution in [2.24, 2.45) is 5.73 Å². The molecule has 1 aromatic carbocycles. The van der Waals surface area contributed by atoms with Crippen LogP contribution in [0.2, 0.25) is 0 Å². The van der Waals surface area contributed by atoms with Crippen molar-refractivity contribution in [2.75, 3.05) is 13.1 Å². The van der Waals surface area contributed by atoms with E-state index in [1.807, 2.05) is 0 Å². The Labute approximate surface area is 111 Å². The van der Waals surface area contributed by atoms with Gasteiger partial charge in [-0.2, -0.15) is 0 Å². The molecular formula is C12H17ClF2N2O. The first-order valence-corrected chi connectivity index (χ1v) is 5.55. The first kappa shape index (κ1) is 16.8. The smallest absolute Gasteiger partial charge is 0.220 e. The van der Waals surface area contributed by atoms with Gasteiger partial charge in [-0.3, -0.25) is 4.79 Å². The first-order chi connectivity index (χ1) is 8.15. The summed E-state index contributed by atoms with van der Waals surface area (Å²) in [5.74, 6) is -1.93. The van der Waals surface area contributed by atoms with Gasteiger partial charge in [0.25, 0.3) is 0 Å². The van der Waals surface area contributed by atoms with Crippen LogP contribution in [0.1, 0.15) is 18.4 Å². The lowest BCUT2D eigenvalue weighted by Gasteiger charge is -2.05. The number of rotatable bonds is 6. The van der Waals surface area contributed by atoms with E-state index in [1.54, 1.807) is 0 Å². The number of hydrogen-bond acceptors (Lipinski definition) is 2. The number of nitrogens with two attached hydrogens (primary N) is 1. The molecule has 0 bridgehead atoms. The van der Waals surface area contributed by atoms with Crippen molar-refractivity contribution in [3.8, 4) is 0 Å². The SMILES string of the molecule is Cl.NCCCNC(=O)CCc1cccc(F)c1F. The van der Waals surface area contributed by atoms with E-state index >= 15 is 0 Å². The predicted octanol–water partition coefficient (Wildman–Crippen LogP) is 1.78. The van der Waals surface area contributed by atoms with Crippen LogP contribution in [0.5, 0.6) is 0 Å². The van der Waals surface area contributed by atoms with E-state index in [0.717, 1.165) is 6.07 Å². The molecule has 0 saturated heterocycles. The summed E-state index contributed by atoms with van der Waals surface area (Å²) in [7, 11) is 0. The van der Waals surface area contributed by atoms with Crippen LogP contribution in [0.4, 0.5) is 8.78 Å². The minimum atomic E-state index is -0.883. The van der Waals surface area contributed by atoms with E-state index < -0.39 is 11.6 Å². The lowest BCUT2D eigenvalue weighted by molar-refractivity contribution is -0.121. The fraction of sp³-hybridized carbons (Fsp3) is 0.417. The molecule has 0 radical (unpaired) electrons. The van der Waals surface area contributed by atoms with Crippen LogP contribution < -0.4 is 11.1 Å². The van der Waals surface area contributed by atoms with E-state index in [9.17, 15) is 13.6 Å². The Morgan fingerprint density at radius 3 is 2.72 bits per heavy atom. The first-order valence-electron chi connectivity index (χ1n) is 5.55. The Balaban J connectivity index is 0.00000289. The highest BCUT2D eigenvalue weighted by atomic mass is 35.5. The Hall–Kier alpha value is -1.20. The van der Waals surface area contributed by atoms with Crippen LogP contribution in [-0.2, 0) is 11.2 Å². The molecule has 3 N–H and O–H groups in total. The Kier molecular flexibility index (Phi) is 8.24. The van der Waals surface area contributed by atoms with Gasteiger partial charge >= 0.3 is 0 Å². The maximum atomic E-state index is 13.2. The van der Waals surface area contributed by atoms with Crippen LogP contribution in [0, 0.1) is 11.6 Å². The maximum absolute atomic E-state index is 13.2. The van der Waals surface area contributed by atoms with Crippen molar-refractivity contribution in [2.45, 2.75) is 19.3 Å². The highest BCUT2D eigenvalue weighted by Gasteiger charge is 2.09. The van der Waals surface area contributed by atoms with Crippen LogP contribution >= 0.6 is 12.4 Å². The van der Waals surface area contributed by atoms with Gasteiger partial charge in [0.05, 0.1) is 0 Å². The van der Waals surface area contributed by atoms with Gasteiger partial charge in [0.15, 0.2) is 11.6 Å². The van der Waals surface area contributed by atoms with Crippen LogP contribution in [0.25, 0.3) is 0 Å². The second-order valence-electron chi connectivity index (χ2n) is 3.71. The molecule has 1 amide bonds. The molecule has 1 aromatic rings. The standard InChI is InChI=1S/C12H16F2N2O.ClH/c13-10-4-1-3-9(12(10)14)5-6-11(17)16-8-2-7-15;/h1,3-4H,2,5-8,15H2,(H,16,17);1H. The molecule has 0 saturated carbocycles. The number of halogens is 3. The van der Waals surface area contributed by atoms with Gasteiger partial charge in [-0.1, -0.05) is 12.1 Å². The minimum absolute atomic E-state index is 0. The molecule has 0 fully saturated rings. The molecule has 0 unspecified atom stereocenters. The lowest BCUT2D eigenvalue weighted by atomic mass is 10.1. The molecule has 0 aromatic heterocycles. The summed E-state index contributed by atoms with van der Waals surface area (Å²) in [6.07, 6.45) is 1.04. The largest absolute Gasteiger partial charge is 0.356 e. The fourth-order valence-electron chi connectivity index (χ4n) is 1.41. The highest BCUT2D eigenvalue weighted by Crippen LogP contribution is 2.12. The van der Waals surface area contributed by atoms with Crippen molar-refractivity contribution in [1.82, 2.24) is 5.32 Å². The fourth-order valence-corrected chi connectivity index (χ4v) is 1.41. The second-order valence-corrected chi connectivity index (χ2v) is 3.71. The summed E-state index contributed by atoms with van der Waals surface area (Å²) in [6, 6.07) is 3.96. The minimum Gasteiger partial charge on any atom is -0.356 e. The zero-order valence-electron chi connectivity index (χ0n) is 9.92. The third-order valence-corrected chi connectivity index (χ3v) is 2.36. The van der Waals surface area contributed by atoms with Gasteiger partial charge < -0.3 is 11.1 Å². The quantitative estimate of drug-likeness (QED) is 0.780. The third-order valence-electron chi connectivity index (χ3n) is 2.36. The summed E-state index contributed by atoms with van der Waals surface area (Å²) >= 11 is 0. The second kappa shape index (κ2) is 8.83. The summed E-state index contributed by atoms with van der Waals surface area (Å²) in [6.45, 7) is 1.03. The predicted molar refractivity (Wildman–Crippen MR) is 68.6 cm³/mol. The molecule has 0 aliphatic rings. The molecular weight excluding hydrogens is 262 g/mol. The highest BCUT2D eigenvalue weighted by molar-refractivity contribution is 5.85. The van der Waals surface area contributed by atoms with Gasteiger partial charge in [0.1, 0.15) is 0 Å². The zero-order chi connectivity index (χ0) is 12.7. The molecule has 0 atom stereocenters. The van der Waals surface area contributed by atoms with Gasteiger partial charge in [0, 0.05) is 13.0 Å². The van der Waals surface area contributed by atoms with Gasteiger partial charge in [-0.15, -0.1) is 12.4 Å². The molecule has 18 heavy (non-hydrogen) atoms. The molecule has 0 spiro atoms. The summed E-state index contributed by atoms with van der Waals surface area (Å²) in [5.41, 5.74) is 5.49. The molecule has 1 rings (SSSR count). The third kappa shape index (κ3) is 5.42. The Morgan fingerprint density at radius 2 is 2.06 bits per heavy atom. The van der Waals surface area contributed by atoms with Gasteiger partial charge in [0.2, 0.25) is 5.91 Å². The monoisotopic (exact) mass is 278 g/mol. The van der Waals surface area contributed by atoms with Crippen LogP contribution in [0.3, 0.4) is 0 Å². The van der Waals surface area contributed by atoms with Crippen molar-refractivity contribution >= 4 is 18.3 Å². The van der Waals surface area contributed by atoms with E-state index in [4.69, 9.17) is 5.73 Å². The average molecular weight is 279 g/mol. The Morgan fingerprint density at radius 1 is 1.33 bits per heavy atom. The van der Waals surface area contributed by atoms with E-state index in [0.29, 0.717) is 19.5 Å². The number of carbonyl (C=O) groups excluding carboxylic acids is 1. The average Bonchev–Trinajstić information content (AvgIpc) is 2.31. The number of nitrogens with one attached hydrogen (secondary N) is 1. The van der Waals surface area contributed by atoms with E-state index in [1.165, 1.54) is 12.1 Å². The number of aryl methyl sites for hydroxylation is 1.